The standard InChI is InChI=1S/C18H21N3O5S/c1-12(13-6-8-15(9-7-13)27(19,23)24)21-18(22)20-10-14-11-25-16-4-2-3-5-17(16)26-14/h2-9,12,14H,10-11H2,1H3,(H2,19,23,24)(H2,20,21,22)/t12-,14-/m0/s1. The molecule has 4 N–H and O–H groups in total. The Labute approximate surface area is 157 Å². The van der Waals surface area contributed by atoms with Crippen molar-refractivity contribution in [1.82, 2.24) is 10.6 Å². The molecule has 3 rings (SSSR count). The normalized spacial score (nSPS) is 17.0. The maximum Gasteiger partial charge on any atom is 0.315 e. The van der Waals surface area contributed by atoms with Gasteiger partial charge in [-0.15, -0.1) is 0 Å². The molecule has 1 aliphatic rings. The van der Waals surface area contributed by atoms with E-state index in [0.29, 0.717) is 18.1 Å². The van der Waals surface area contributed by atoms with Crippen LogP contribution in [-0.2, 0) is 10.0 Å². The summed E-state index contributed by atoms with van der Waals surface area (Å²) in [5, 5.41) is 10.6. The average Bonchev–Trinajstić information content (AvgIpc) is 2.65. The van der Waals surface area contributed by atoms with Gasteiger partial charge in [0.2, 0.25) is 10.0 Å². The summed E-state index contributed by atoms with van der Waals surface area (Å²) in [6, 6.07) is 12.7. The molecule has 2 atom stereocenters. The van der Waals surface area contributed by atoms with E-state index < -0.39 is 10.0 Å². The van der Waals surface area contributed by atoms with E-state index in [1.807, 2.05) is 24.3 Å². The van der Waals surface area contributed by atoms with Crippen molar-refractivity contribution in [2.45, 2.75) is 24.0 Å². The Bertz CT molecular complexity index is 915. The number of rotatable bonds is 5. The van der Waals surface area contributed by atoms with E-state index in [1.54, 1.807) is 19.1 Å². The predicted octanol–water partition coefficient (Wildman–Crippen LogP) is 1.53. The minimum atomic E-state index is -3.74. The first-order chi connectivity index (χ1) is 12.8. The van der Waals surface area contributed by atoms with E-state index in [1.165, 1.54) is 12.1 Å². The van der Waals surface area contributed by atoms with Crippen LogP contribution in [0.15, 0.2) is 53.4 Å². The van der Waals surface area contributed by atoms with Gasteiger partial charge < -0.3 is 20.1 Å². The molecule has 0 aromatic heterocycles. The van der Waals surface area contributed by atoms with Crippen molar-refractivity contribution in [1.29, 1.82) is 0 Å². The summed E-state index contributed by atoms with van der Waals surface area (Å²) in [6.45, 7) is 2.43. The Morgan fingerprint density at radius 2 is 1.85 bits per heavy atom. The minimum Gasteiger partial charge on any atom is -0.486 e. The highest BCUT2D eigenvalue weighted by Gasteiger charge is 2.21. The fraction of sp³-hybridized carbons (Fsp3) is 0.278. The van der Waals surface area contributed by atoms with Gasteiger partial charge in [-0.25, -0.2) is 18.4 Å². The quantitative estimate of drug-likeness (QED) is 0.714. The zero-order chi connectivity index (χ0) is 19.4. The Morgan fingerprint density at radius 1 is 1.19 bits per heavy atom. The lowest BCUT2D eigenvalue weighted by atomic mass is 10.1. The number of primary sulfonamides is 1. The maximum atomic E-state index is 12.1. The molecule has 0 aliphatic carbocycles. The van der Waals surface area contributed by atoms with Crippen molar-refractivity contribution in [3.05, 3.63) is 54.1 Å². The Kier molecular flexibility index (Phi) is 5.52. The molecule has 0 radical (unpaired) electrons. The van der Waals surface area contributed by atoms with Crippen LogP contribution in [-0.4, -0.2) is 33.7 Å². The zero-order valence-electron chi connectivity index (χ0n) is 14.7. The van der Waals surface area contributed by atoms with Crippen molar-refractivity contribution in [3.8, 4) is 11.5 Å². The number of carbonyl (C=O) groups is 1. The van der Waals surface area contributed by atoms with Crippen molar-refractivity contribution in [3.63, 3.8) is 0 Å². The first kappa shape index (κ1) is 19.0. The van der Waals surface area contributed by atoms with Crippen molar-refractivity contribution in [2.24, 2.45) is 5.14 Å². The topological polar surface area (TPSA) is 120 Å². The summed E-state index contributed by atoms with van der Waals surface area (Å²) >= 11 is 0. The number of nitrogens with one attached hydrogen (secondary N) is 2. The molecule has 9 heteroatoms. The SMILES string of the molecule is C[C@H](NC(=O)NC[C@H]1COc2ccccc2O1)c1ccc(S(N)(=O)=O)cc1. The molecular formula is C18H21N3O5S. The van der Waals surface area contributed by atoms with Crippen LogP contribution in [0.3, 0.4) is 0 Å². The number of nitrogens with two attached hydrogens (primary N) is 1. The van der Waals surface area contributed by atoms with Gasteiger partial charge in [0.15, 0.2) is 17.6 Å². The molecule has 1 heterocycles. The van der Waals surface area contributed by atoms with Crippen molar-refractivity contribution in [2.75, 3.05) is 13.2 Å². The summed E-state index contributed by atoms with van der Waals surface area (Å²) in [7, 11) is -3.74. The van der Waals surface area contributed by atoms with Gasteiger partial charge in [-0.1, -0.05) is 24.3 Å². The van der Waals surface area contributed by atoms with Crippen LogP contribution in [0.4, 0.5) is 4.79 Å². The number of benzene rings is 2. The number of ether oxygens (including phenoxy) is 2. The highest BCUT2D eigenvalue weighted by Crippen LogP contribution is 2.30. The molecule has 0 fully saturated rings. The average molecular weight is 391 g/mol. The van der Waals surface area contributed by atoms with Crippen molar-refractivity contribution >= 4 is 16.1 Å². The highest BCUT2D eigenvalue weighted by molar-refractivity contribution is 7.89. The van der Waals surface area contributed by atoms with Crippen LogP contribution < -0.4 is 25.2 Å². The molecule has 27 heavy (non-hydrogen) atoms. The first-order valence-electron chi connectivity index (χ1n) is 8.38. The molecule has 2 amide bonds. The van der Waals surface area contributed by atoms with Gasteiger partial charge in [-0.05, 0) is 36.8 Å². The van der Waals surface area contributed by atoms with Gasteiger partial charge >= 0.3 is 6.03 Å². The van der Waals surface area contributed by atoms with Gasteiger partial charge in [-0.3, -0.25) is 0 Å². The van der Waals surface area contributed by atoms with Crippen molar-refractivity contribution < 1.29 is 22.7 Å². The van der Waals surface area contributed by atoms with E-state index in [0.717, 1.165) is 5.56 Å². The Balaban J connectivity index is 1.49. The number of amides is 2. The predicted molar refractivity (Wildman–Crippen MR) is 99.1 cm³/mol. The van der Waals surface area contributed by atoms with Gasteiger partial charge in [0.1, 0.15) is 6.61 Å². The van der Waals surface area contributed by atoms with Crippen LogP contribution in [0.1, 0.15) is 18.5 Å². The van der Waals surface area contributed by atoms with Gasteiger partial charge in [0.25, 0.3) is 0 Å². The minimum absolute atomic E-state index is 0.0256. The molecule has 8 nitrogen and oxygen atoms in total. The smallest absolute Gasteiger partial charge is 0.315 e. The van der Waals surface area contributed by atoms with E-state index >= 15 is 0 Å². The molecule has 0 bridgehead atoms. The number of fused-ring (bicyclic) bond motifs is 1. The Hall–Kier alpha value is -2.78. The third-order valence-electron chi connectivity index (χ3n) is 4.11. The van der Waals surface area contributed by atoms with E-state index in [-0.39, 0.29) is 29.6 Å². The fourth-order valence-corrected chi connectivity index (χ4v) is 3.16. The zero-order valence-corrected chi connectivity index (χ0v) is 15.5. The summed E-state index contributed by atoms with van der Waals surface area (Å²) in [4.78, 5) is 12.1. The van der Waals surface area contributed by atoms with Crippen LogP contribution in [0.25, 0.3) is 0 Å². The summed E-state index contributed by atoms with van der Waals surface area (Å²) in [5.41, 5.74) is 0.753. The van der Waals surface area contributed by atoms with Crippen LogP contribution in [0.2, 0.25) is 0 Å². The molecule has 0 spiro atoms. The van der Waals surface area contributed by atoms with Gasteiger partial charge in [-0.2, -0.15) is 0 Å². The fourth-order valence-electron chi connectivity index (χ4n) is 2.65. The molecule has 1 aliphatic heterocycles. The van der Waals surface area contributed by atoms with Gasteiger partial charge in [0.05, 0.1) is 17.5 Å². The Morgan fingerprint density at radius 3 is 2.52 bits per heavy atom. The summed E-state index contributed by atoms with van der Waals surface area (Å²) in [6.07, 6.45) is -0.282. The number of sulfonamides is 1. The molecule has 0 saturated heterocycles. The second-order valence-electron chi connectivity index (χ2n) is 6.19. The maximum absolute atomic E-state index is 12.1. The van der Waals surface area contributed by atoms with Crippen LogP contribution in [0, 0.1) is 0 Å². The monoisotopic (exact) mass is 391 g/mol. The molecule has 0 saturated carbocycles. The molecule has 144 valence electrons. The molecule has 2 aromatic rings. The van der Waals surface area contributed by atoms with E-state index in [2.05, 4.69) is 10.6 Å². The number of hydrogen-bond donors (Lipinski definition) is 3. The first-order valence-corrected chi connectivity index (χ1v) is 9.93. The lowest BCUT2D eigenvalue weighted by molar-refractivity contribution is 0.0917. The van der Waals surface area contributed by atoms with E-state index in [9.17, 15) is 13.2 Å². The van der Waals surface area contributed by atoms with Gasteiger partial charge in [0, 0.05) is 0 Å². The third-order valence-corrected chi connectivity index (χ3v) is 5.04. The number of urea groups is 1. The number of hydrogen-bond acceptors (Lipinski definition) is 5. The largest absolute Gasteiger partial charge is 0.486 e. The van der Waals surface area contributed by atoms with Crippen LogP contribution in [0.5, 0.6) is 11.5 Å². The van der Waals surface area contributed by atoms with E-state index in [4.69, 9.17) is 14.6 Å². The summed E-state index contributed by atoms with van der Waals surface area (Å²) < 4.78 is 33.9. The third kappa shape index (κ3) is 4.89. The molecule has 0 unspecified atom stereocenters. The van der Waals surface area contributed by atoms with Crippen LogP contribution >= 0.6 is 0 Å². The number of para-hydroxylation sites is 2. The lowest BCUT2D eigenvalue weighted by Crippen LogP contribution is -2.45. The summed E-state index contributed by atoms with van der Waals surface area (Å²) in [5.74, 6) is 1.34. The second-order valence-corrected chi connectivity index (χ2v) is 7.75. The highest BCUT2D eigenvalue weighted by atomic mass is 32.2. The second kappa shape index (κ2) is 7.85. The lowest BCUT2D eigenvalue weighted by Gasteiger charge is -2.26. The molecule has 2 aromatic carbocycles. The number of carbonyl (C=O) groups excluding carboxylic acids is 1. The molecular weight excluding hydrogens is 370 g/mol.